The Morgan fingerprint density at radius 3 is 1.90 bits per heavy atom. The van der Waals surface area contributed by atoms with Gasteiger partial charge in [-0.2, -0.15) is 0 Å². The van der Waals surface area contributed by atoms with E-state index in [2.05, 4.69) is 28.8 Å². The van der Waals surface area contributed by atoms with E-state index in [9.17, 15) is 0 Å². The van der Waals surface area contributed by atoms with E-state index in [4.69, 9.17) is 28.9 Å². The van der Waals surface area contributed by atoms with Gasteiger partial charge in [-0.25, -0.2) is 9.97 Å². The Kier molecular flexibility index (Phi) is 6.81. The minimum Gasteiger partial charge on any atom is -0.497 e. The summed E-state index contributed by atoms with van der Waals surface area (Å²) in [6.45, 7) is 2.06. The lowest BCUT2D eigenvalue weighted by Crippen LogP contribution is -2.05. The molecule has 41 heavy (non-hydrogen) atoms. The topological polar surface area (TPSA) is 79.1 Å². The van der Waals surface area contributed by atoms with Crippen LogP contribution in [-0.4, -0.2) is 42.8 Å². The molecule has 0 spiro atoms. The van der Waals surface area contributed by atoms with Crippen molar-refractivity contribution >= 4 is 28.2 Å². The number of benzene rings is 4. The summed E-state index contributed by atoms with van der Waals surface area (Å²) in [5, 5.41) is 4.38. The number of nitrogens with one attached hydrogen (secondary N) is 1. The van der Waals surface area contributed by atoms with Crippen LogP contribution >= 0.6 is 0 Å². The molecule has 0 saturated carbocycles. The number of rotatable bonds is 8. The third kappa shape index (κ3) is 4.74. The maximum absolute atomic E-state index is 5.66. The van der Waals surface area contributed by atoms with Gasteiger partial charge in [-0.05, 0) is 79.2 Å². The Bertz CT molecular complexity index is 1860. The largest absolute Gasteiger partial charge is 0.497 e. The van der Waals surface area contributed by atoms with Crippen molar-refractivity contribution in [2.24, 2.45) is 0 Å². The summed E-state index contributed by atoms with van der Waals surface area (Å²) < 4.78 is 24.2. The zero-order chi connectivity index (χ0) is 28.5. The second kappa shape index (κ2) is 10.7. The van der Waals surface area contributed by atoms with Gasteiger partial charge in [0.2, 0.25) is 5.95 Å². The van der Waals surface area contributed by atoms with E-state index in [-0.39, 0.29) is 0 Å². The van der Waals surface area contributed by atoms with Gasteiger partial charge in [-0.3, -0.25) is 4.40 Å². The summed E-state index contributed by atoms with van der Waals surface area (Å²) in [6, 6.07) is 27.9. The number of anilines is 2. The SMILES string of the molecule is COc1ccc(-c2nc3c4cc(OC)c(OC)cc4nc(Nc4cccc(C)c4)n3c2-c2ccc(OC)cc2)cc1. The highest BCUT2D eigenvalue weighted by molar-refractivity contribution is 5.99. The molecule has 0 bridgehead atoms. The van der Waals surface area contributed by atoms with Gasteiger partial charge in [0.05, 0.1) is 45.3 Å². The first-order valence-electron chi connectivity index (χ1n) is 13.1. The van der Waals surface area contributed by atoms with Gasteiger partial charge in [0.25, 0.3) is 0 Å². The van der Waals surface area contributed by atoms with Crippen molar-refractivity contribution in [3.63, 3.8) is 0 Å². The van der Waals surface area contributed by atoms with Crippen molar-refractivity contribution in [1.29, 1.82) is 0 Å². The van der Waals surface area contributed by atoms with Crippen LogP contribution in [0.2, 0.25) is 0 Å². The van der Waals surface area contributed by atoms with Crippen LogP contribution in [0.5, 0.6) is 23.0 Å². The Balaban J connectivity index is 1.72. The Hall–Kier alpha value is -5.24. The number of ether oxygens (including phenoxy) is 4. The summed E-state index contributed by atoms with van der Waals surface area (Å²) in [5.74, 6) is 3.35. The van der Waals surface area contributed by atoms with Gasteiger partial charge in [0.15, 0.2) is 11.5 Å². The van der Waals surface area contributed by atoms with Gasteiger partial charge in [-0.15, -0.1) is 0 Å². The standard InChI is InChI=1S/C33H30N4O4/c1-20-7-6-8-23(17-20)34-33-35-27-19-29(41-5)28(40-4)18-26(27)32-36-30(21-9-13-24(38-2)14-10-21)31(37(32)33)22-11-15-25(39-3)16-12-22/h6-19H,1-5H3,(H,34,35). The molecule has 0 fully saturated rings. The predicted octanol–water partition coefficient (Wildman–Crippen LogP) is 7.30. The van der Waals surface area contributed by atoms with E-state index in [1.54, 1.807) is 28.4 Å². The molecular weight excluding hydrogens is 516 g/mol. The summed E-state index contributed by atoms with van der Waals surface area (Å²) in [4.78, 5) is 10.3. The molecule has 0 unspecified atom stereocenters. The molecule has 0 amide bonds. The van der Waals surface area contributed by atoms with Crippen LogP contribution in [0.4, 0.5) is 11.6 Å². The lowest BCUT2D eigenvalue weighted by Gasteiger charge is -2.15. The number of aromatic nitrogens is 3. The summed E-state index contributed by atoms with van der Waals surface area (Å²) in [5.41, 5.74) is 7.08. The molecule has 8 nitrogen and oxygen atoms in total. The first-order valence-corrected chi connectivity index (χ1v) is 13.1. The molecule has 4 aromatic carbocycles. The molecule has 0 aliphatic carbocycles. The normalized spacial score (nSPS) is 11.0. The summed E-state index contributed by atoms with van der Waals surface area (Å²) in [6.07, 6.45) is 0. The average Bonchev–Trinajstić information content (AvgIpc) is 3.42. The lowest BCUT2D eigenvalue weighted by molar-refractivity contribution is 0.356. The van der Waals surface area contributed by atoms with E-state index in [0.29, 0.717) is 17.4 Å². The molecule has 8 heteroatoms. The Morgan fingerprint density at radius 1 is 0.659 bits per heavy atom. The van der Waals surface area contributed by atoms with Crippen LogP contribution in [-0.2, 0) is 0 Å². The molecule has 6 rings (SSSR count). The Labute approximate surface area is 238 Å². The lowest BCUT2D eigenvalue weighted by atomic mass is 10.0. The van der Waals surface area contributed by atoms with Crippen LogP contribution in [0, 0.1) is 6.92 Å². The molecule has 2 aromatic heterocycles. The van der Waals surface area contributed by atoms with Gasteiger partial charge in [0.1, 0.15) is 17.1 Å². The van der Waals surface area contributed by atoms with E-state index in [1.165, 1.54) is 0 Å². The monoisotopic (exact) mass is 546 g/mol. The molecule has 6 aromatic rings. The molecule has 0 radical (unpaired) electrons. The summed E-state index contributed by atoms with van der Waals surface area (Å²) in [7, 11) is 6.56. The zero-order valence-corrected chi connectivity index (χ0v) is 23.6. The number of nitrogens with zero attached hydrogens (tertiary/aromatic N) is 3. The van der Waals surface area contributed by atoms with Crippen LogP contribution in [0.1, 0.15) is 5.56 Å². The molecule has 0 aliphatic rings. The molecule has 0 aliphatic heterocycles. The fourth-order valence-electron chi connectivity index (χ4n) is 5.01. The van der Waals surface area contributed by atoms with Crippen molar-refractivity contribution in [3.05, 3.63) is 90.5 Å². The molecule has 1 N–H and O–H groups in total. The van der Waals surface area contributed by atoms with Crippen LogP contribution in [0.3, 0.4) is 0 Å². The minimum absolute atomic E-state index is 0.593. The maximum atomic E-state index is 5.66. The fraction of sp³-hybridized carbons (Fsp3) is 0.152. The van der Waals surface area contributed by atoms with Gasteiger partial charge < -0.3 is 24.3 Å². The highest BCUT2D eigenvalue weighted by Crippen LogP contribution is 2.40. The van der Waals surface area contributed by atoms with Gasteiger partial charge in [-0.1, -0.05) is 12.1 Å². The van der Waals surface area contributed by atoms with Gasteiger partial charge >= 0.3 is 0 Å². The smallest absolute Gasteiger partial charge is 0.214 e. The third-order valence-corrected chi connectivity index (χ3v) is 7.06. The van der Waals surface area contributed by atoms with Crippen LogP contribution < -0.4 is 24.3 Å². The van der Waals surface area contributed by atoms with Crippen molar-refractivity contribution in [3.8, 4) is 45.5 Å². The average molecular weight is 547 g/mol. The number of aryl methyl sites for hydroxylation is 1. The number of fused-ring (bicyclic) bond motifs is 3. The highest BCUT2D eigenvalue weighted by atomic mass is 16.5. The van der Waals surface area contributed by atoms with E-state index in [0.717, 1.165) is 61.8 Å². The molecular formula is C33H30N4O4. The maximum Gasteiger partial charge on any atom is 0.214 e. The molecule has 206 valence electrons. The second-order valence-corrected chi connectivity index (χ2v) is 9.58. The third-order valence-electron chi connectivity index (χ3n) is 7.06. The molecule has 0 atom stereocenters. The van der Waals surface area contributed by atoms with E-state index in [1.807, 2.05) is 72.8 Å². The Morgan fingerprint density at radius 2 is 1.29 bits per heavy atom. The van der Waals surface area contributed by atoms with Crippen molar-refractivity contribution in [1.82, 2.24) is 14.4 Å². The number of imidazole rings is 1. The zero-order valence-electron chi connectivity index (χ0n) is 23.6. The quantitative estimate of drug-likeness (QED) is 0.215. The predicted molar refractivity (Wildman–Crippen MR) is 162 cm³/mol. The van der Waals surface area contributed by atoms with Crippen LogP contribution in [0.25, 0.3) is 39.1 Å². The minimum atomic E-state index is 0.593. The van der Waals surface area contributed by atoms with Crippen molar-refractivity contribution in [2.75, 3.05) is 33.8 Å². The van der Waals surface area contributed by atoms with E-state index >= 15 is 0 Å². The molecule has 0 saturated heterocycles. The van der Waals surface area contributed by atoms with Crippen molar-refractivity contribution < 1.29 is 18.9 Å². The number of methoxy groups -OCH3 is 4. The highest BCUT2D eigenvalue weighted by Gasteiger charge is 2.23. The first kappa shape index (κ1) is 26.0. The van der Waals surface area contributed by atoms with Crippen molar-refractivity contribution in [2.45, 2.75) is 6.92 Å². The fourth-order valence-corrected chi connectivity index (χ4v) is 5.01. The van der Waals surface area contributed by atoms with E-state index < -0.39 is 0 Å². The first-order chi connectivity index (χ1) is 20.0. The number of hydrogen-bond donors (Lipinski definition) is 1. The van der Waals surface area contributed by atoms with Gasteiger partial charge in [0, 0.05) is 28.3 Å². The summed E-state index contributed by atoms with van der Waals surface area (Å²) >= 11 is 0. The molecule has 2 heterocycles. The second-order valence-electron chi connectivity index (χ2n) is 9.58. The number of hydrogen-bond acceptors (Lipinski definition) is 7. The van der Waals surface area contributed by atoms with Crippen LogP contribution in [0.15, 0.2) is 84.9 Å².